The van der Waals surface area contributed by atoms with E-state index in [1.54, 1.807) is 0 Å². The van der Waals surface area contributed by atoms with Crippen molar-refractivity contribution >= 4 is 29.2 Å². The Labute approximate surface area is 110 Å². The summed E-state index contributed by atoms with van der Waals surface area (Å²) in [6, 6.07) is 0. The highest BCUT2D eigenvalue weighted by molar-refractivity contribution is 8.01. The molecule has 3 N–H and O–H groups in total. The van der Waals surface area contributed by atoms with Crippen molar-refractivity contribution in [1.82, 2.24) is 14.7 Å². The van der Waals surface area contributed by atoms with E-state index in [2.05, 4.69) is 21.6 Å². The molecular formula is C10H18N4OS2. The molecule has 17 heavy (non-hydrogen) atoms. The maximum Gasteiger partial charge on any atom is 0.238 e. The standard InChI is InChI=1S/C10H18N4OS2/c1-4-5-12-10(3,8(11)15)6-16-9-13-7(2)14-17-9/h12H,4-6H2,1-3H3,(H2,11,15). The van der Waals surface area contributed by atoms with E-state index in [4.69, 9.17) is 5.73 Å². The molecular weight excluding hydrogens is 256 g/mol. The van der Waals surface area contributed by atoms with Gasteiger partial charge >= 0.3 is 0 Å². The zero-order chi connectivity index (χ0) is 12.9. The Kier molecular flexibility index (Phi) is 5.35. The van der Waals surface area contributed by atoms with Crippen LogP contribution in [0.1, 0.15) is 26.1 Å². The van der Waals surface area contributed by atoms with Crippen LogP contribution in [0.25, 0.3) is 0 Å². The Balaban J connectivity index is 2.58. The molecule has 1 unspecified atom stereocenters. The van der Waals surface area contributed by atoms with Crippen LogP contribution in [0.15, 0.2) is 4.34 Å². The van der Waals surface area contributed by atoms with Crippen molar-refractivity contribution in [2.75, 3.05) is 12.3 Å². The number of nitrogens with one attached hydrogen (secondary N) is 1. The molecule has 0 aliphatic heterocycles. The zero-order valence-corrected chi connectivity index (χ0v) is 12.0. The van der Waals surface area contributed by atoms with Gasteiger partial charge in [0.2, 0.25) is 5.91 Å². The van der Waals surface area contributed by atoms with E-state index in [0.717, 1.165) is 23.1 Å². The Hall–Kier alpha value is -0.660. The third kappa shape index (κ3) is 4.25. The first kappa shape index (κ1) is 14.4. The Morgan fingerprint density at radius 3 is 2.82 bits per heavy atom. The smallest absolute Gasteiger partial charge is 0.238 e. The van der Waals surface area contributed by atoms with Gasteiger partial charge in [0, 0.05) is 5.75 Å². The summed E-state index contributed by atoms with van der Waals surface area (Å²) >= 11 is 2.86. The normalized spacial score (nSPS) is 14.5. The van der Waals surface area contributed by atoms with Gasteiger partial charge in [-0.25, -0.2) is 4.98 Å². The van der Waals surface area contributed by atoms with Crippen LogP contribution >= 0.6 is 23.3 Å². The van der Waals surface area contributed by atoms with Crippen LogP contribution in [-0.2, 0) is 4.79 Å². The second kappa shape index (κ2) is 6.32. The minimum atomic E-state index is -0.694. The first-order valence-corrected chi connectivity index (χ1v) is 7.22. The minimum Gasteiger partial charge on any atom is -0.368 e. The average molecular weight is 274 g/mol. The van der Waals surface area contributed by atoms with Crippen molar-refractivity contribution in [2.24, 2.45) is 5.73 Å². The number of carbonyl (C=O) groups is 1. The van der Waals surface area contributed by atoms with Crippen molar-refractivity contribution in [3.8, 4) is 0 Å². The van der Waals surface area contributed by atoms with E-state index in [-0.39, 0.29) is 5.91 Å². The predicted octanol–water partition coefficient (Wildman–Crippen LogP) is 1.18. The van der Waals surface area contributed by atoms with E-state index < -0.39 is 5.54 Å². The fourth-order valence-corrected chi connectivity index (χ4v) is 2.93. The van der Waals surface area contributed by atoms with Crippen molar-refractivity contribution in [2.45, 2.75) is 37.1 Å². The third-order valence-corrected chi connectivity index (χ3v) is 4.54. The predicted molar refractivity (Wildman–Crippen MR) is 71.3 cm³/mol. The van der Waals surface area contributed by atoms with Crippen LogP contribution < -0.4 is 11.1 Å². The summed E-state index contributed by atoms with van der Waals surface area (Å²) in [6.07, 6.45) is 0.964. The van der Waals surface area contributed by atoms with E-state index >= 15 is 0 Å². The lowest BCUT2D eigenvalue weighted by atomic mass is 10.1. The molecule has 0 saturated carbocycles. The maximum atomic E-state index is 11.5. The van der Waals surface area contributed by atoms with Gasteiger partial charge in [0.15, 0.2) is 4.34 Å². The lowest BCUT2D eigenvalue weighted by Crippen LogP contribution is -2.55. The fraction of sp³-hybridized carbons (Fsp3) is 0.700. The number of hydrogen-bond donors (Lipinski definition) is 2. The molecule has 1 aromatic rings. The number of nitrogens with zero attached hydrogens (tertiary/aromatic N) is 2. The van der Waals surface area contributed by atoms with Gasteiger partial charge in [-0.1, -0.05) is 18.7 Å². The van der Waals surface area contributed by atoms with E-state index in [1.165, 1.54) is 23.3 Å². The average Bonchev–Trinajstić information content (AvgIpc) is 2.69. The summed E-state index contributed by atoms with van der Waals surface area (Å²) in [5.74, 6) is 0.997. The van der Waals surface area contributed by atoms with Crippen molar-refractivity contribution < 1.29 is 4.79 Å². The van der Waals surface area contributed by atoms with E-state index in [9.17, 15) is 4.79 Å². The molecule has 0 aliphatic carbocycles. The zero-order valence-electron chi connectivity index (χ0n) is 10.3. The van der Waals surface area contributed by atoms with Gasteiger partial charge in [0.1, 0.15) is 11.4 Å². The third-order valence-electron chi connectivity index (χ3n) is 2.30. The summed E-state index contributed by atoms with van der Waals surface area (Å²) in [6.45, 7) is 6.50. The Morgan fingerprint density at radius 1 is 1.65 bits per heavy atom. The van der Waals surface area contributed by atoms with Gasteiger partial charge < -0.3 is 11.1 Å². The number of carbonyl (C=O) groups excluding carboxylic acids is 1. The number of hydrogen-bond acceptors (Lipinski definition) is 6. The number of aryl methyl sites for hydroxylation is 1. The molecule has 0 radical (unpaired) electrons. The molecule has 0 aromatic carbocycles. The highest BCUT2D eigenvalue weighted by Gasteiger charge is 2.30. The van der Waals surface area contributed by atoms with Crippen molar-refractivity contribution in [1.29, 1.82) is 0 Å². The van der Waals surface area contributed by atoms with Crippen molar-refractivity contribution in [3.05, 3.63) is 5.82 Å². The summed E-state index contributed by atoms with van der Waals surface area (Å²) in [7, 11) is 0. The SMILES string of the molecule is CCCNC(C)(CSc1nc(C)ns1)C(N)=O. The second-order valence-electron chi connectivity index (χ2n) is 4.02. The van der Waals surface area contributed by atoms with Crippen LogP contribution in [0.3, 0.4) is 0 Å². The fourth-order valence-electron chi connectivity index (χ4n) is 1.15. The highest BCUT2D eigenvalue weighted by Crippen LogP contribution is 2.24. The molecule has 1 amide bonds. The van der Waals surface area contributed by atoms with Crippen LogP contribution in [0.2, 0.25) is 0 Å². The van der Waals surface area contributed by atoms with Gasteiger partial charge in [-0.15, -0.1) is 0 Å². The number of rotatable bonds is 7. The van der Waals surface area contributed by atoms with Crippen molar-refractivity contribution in [3.63, 3.8) is 0 Å². The maximum absolute atomic E-state index is 11.5. The monoisotopic (exact) mass is 274 g/mol. The number of thioether (sulfide) groups is 1. The van der Waals surface area contributed by atoms with Crippen LogP contribution in [0, 0.1) is 6.92 Å². The summed E-state index contributed by atoms with van der Waals surface area (Å²) in [5.41, 5.74) is 4.74. The van der Waals surface area contributed by atoms with Crippen LogP contribution in [0.4, 0.5) is 0 Å². The minimum absolute atomic E-state index is 0.334. The molecule has 7 heteroatoms. The summed E-state index contributed by atoms with van der Waals surface area (Å²) in [5, 5.41) is 3.18. The first-order valence-electron chi connectivity index (χ1n) is 5.46. The van der Waals surface area contributed by atoms with Crippen LogP contribution in [0.5, 0.6) is 0 Å². The van der Waals surface area contributed by atoms with Gasteiger partial charge in [-0.2, -0.15) is 4.37 Å². The number of nitrogens with two attached hydrogens (primary N) is 1. The van der Waals surface area contributed by atoms with Gasteiger partial charge in [0.25, 0.3) is 0 Å². The molecule has 1 rings (SSSR count). The number of aromatic nitrogens is 2. The quantitative estimate of drug-likeness (QED) is 0.730. The molecule has 0 fully saturated rings. The molecule has 0 aliphatic rings. The topological polar surface area (TPSA) is 80.9 Å². The van der Waals surface area contributed by atoms with E-state index in [0.29, 0.717) is 5.75 Å². The first-order chi connectivity index (χ1) is 7.98. The van der Waals surface area contributed by atoms with Gasteiger partial charge in [-0.05, 0) is 38.3 Å². The van der Waals surface area contributed by atoms with Crippen LogP contribution in [-0.4, -0.2) is 33.1 Å². The molecule has 1 aromatic heterocycles. The molecule has 0 bridgehead atoms. The lowest BCUT2D eigenvalue weighted by Gasteiger charge is -2.26. The molecule has 1 atom stereocenters. The lowest BCUT2D eigenvalue weighted by molar-refractivity contribution is -0.122. The Morgan fingerprint density at radius 2 is 2.35 bits per heavy atom. The highest BCUT2D eigenvalue weighted by atomic mass is 32.2. The molecule has 1 heterocycles. The second-order valence-corrected chi connectivity index (χ2v) is 5.99. The van der Waals surface area contributed by atoms with Gasteiger partial charge in [-0.3, -0.25) is 4.79 Å². The molecule has 0 spiro atoms. The van der Waals surface area contributed by atoms with E-state index in [1.807, 2.05) is 13.8 Å². The summed E-state index contributed by atoms with van der Waals surface area (Å²) < 4.78 is 4.97. The summed E-state index contributed by atoms with van der Waals surface area (Å²) in [4.78, 5) is 15.7. The number of primary amides is 1. The van der Waals surface area contributed by atoms with Gasteiger partial charge in [0.05, 0.1) is 0 Å². The molecule has 0 saturated heterocycles. The Bertz CT molecular complexity index is 382. The molecule has 5 nitrogen and oxygen atoms in total. The largest absolute Gasteiger partial charge is 0.368 e. The number of amides is 1. The molecule has 96 valence electrons.